The van der Waals surface area contributed by atoms with E-state index in [1.165, 1.54) is 37.7 Å². The number of nitrogens with zero attached hydrogens (tertiary/aromatic N) is 5. The molecule has 9 nitrogen and oxygen atoms in total. The Labute approximate surface area is 234 Å². The third kappa shape index (κ3) is 5.85. The van der Waals surface area contributed by atoms with Crippen molar-refractivity contribution >= 4 is 47.5 Å². The highest BCUT2D eigenvalue weighted by atomic mass is 35.5. The molecule has 1 atom stereocenters. The Hall–Kier alpha value is -4.22. The second-order valence-electron chi connectivity index (χ2n) is 9.21. The van der Waals surface area contributed by atoms with Crippen LogP contribution < -0.4 is 10.6 Å². The summed E-state index contributed by atoms with van der Waals surface area (Å²) in [4.78, 5) is 31.7. The van der Waals surface area contributed by atoms with Gasteiger partial charge in [0.15, 0.2) is 5.69 Å². The number of amides is 1. The highest BCUT2D eigenvalue weighted by molar-refractivity contribution is 6.31. The highest BCUT2D eigenvalue weighted by Crippen LogP contribution is 2.27. The van der Waals surface area contributed by atoms with E-state index >= 15 is 0 Å². The zero-order chi connectivity index (χ0) is 28.2. The third-order valence-corrected chi connectivity index (χ3v) is 6.86. The summed E-state index contributed by atoms with van der Waals surface area (Å²) in [7, 11) is 3.41. The molecule has 2 aromatic carbocycles. The standard InChI is InChI=1S/C28H26ClF2N7O2/c1-32-19-8-9-38(14-19)26(39)23-15-40-28(36-23)37-27(33-2)35-13-16-10-17-6-7-18(29)11-20(17)25(34-12-16)24-21(30)4-3-5-22(24)31/h3-7,10-11,13,15,19,32H,8-9,12,14H2,1-2H3,(H,33,36,37)/b35-13-. The van der Waals surface area contributed by atoms with E-state index < -0.39 is 11.6 Å². The average molecular weight is 566 g/mol. The topological polar surface area (TPSA) is 107 Å². The molecule has 0 spiro atoms. The lowest BCUT2D eigenvalue weighted by molar-refractivity contribution is 0.0784. The van der Waals surface area contributed by atoms with Crippen LogP contribution in [0.25, 0.3) is 6.08 Å². The van der Waals surface area contributed by atoms with Crippen LogP contribution in [0.4, 0.5) is 14.8 Å². The largest absolute Gasteiger partial charge is 0.431 e. The summed E-state index contributed by atoms with van der Waals surface area (Å²) in [5, 5.41) is 6.44. The number of fused-ring (bicyclic) bond motifs is 1. The van der Waals surface area contributed by atoms with Crippen molar-refractivity contribution in [1.29, 1.82) is 0 Å². The van der Waals surface area contributed by atoms with E-state index in [9.17, 15) is 13.6 Å². The van der Waals surface area contributed by atoms with Crippen molar-refractivity contribution in [2.24, 2.45) is 15.0 Å². The quantitative estimate of drug-likeness (QED) is 0.351. The number of carbonyl (C=O) groups is 1. The van der Waals surface area contributed by atoms with Crippen molar-refractivity contribution in [1.82, 2.24) is 15.2 Å². The summed E-state index contributed by atoms with van der Waals surface area (Å²) in [6, 6.07) is 9.07. The third-order valence-electron chi connectivity index (χ3n) is 6.62. The monoisotopic (exact) mass is 565 g/mol. The Kier molecular flexibility index (Phi) is 8.13. The van der Waals surface area contributed by atoms with E-state index in [-0.39, 0.29) is 47.4 Å². The number of hydrogen-bond donors (Lipinski definition) is 2. The minimum Gasteiger partial charge on any atom is -0.431 e. The molecule has 1 saturated heterocycles. The summed E-state index contributed by atoms with van der Waals surface area (Å²) < 4.78 is 34.8. The fourth-order valence-electron chi connectivity index (χ4n) is 4.53. The lowest BCUT2D eigenvalue weighted by Gasteiger charge is -2.14. The molecular formula is C28H26ClF2N7O2. The number of oxazole rings is 1. The van der Waals surface area contributed by atoms with Crippen molar-refractivity contribution in [2.75, 3.05) is 39.0 Å². The van der Waals surface area contributed by atoms with E-state index in [1.807, 2.05) is 13.1 Å². The number of likely N-dealkylation sites (tertiary alicyclic amines) is 1. The van der Waals surface area contributed by atoms with Gasteiger partial charge in [-0.3, -0.25) is 20.1 Å². The number of halogens is 3. The van der Waals surface area contributed by atoms with E-state index in [0.29, 0.717) is 34.8 Å². The van der Waals surface area contributed by atoms with E-state index in [1.54, 1.807) is 23.1 Å². The van der Waals surface area contributed by atoms with Crippen molar-refractivity contribution < 1.29 is 18.0 Å². The number of anilines is 1. The number of likely N-dealkylation sites (N-methyl/N-ethyl adjacent to an activating group) is 1. The van der Waals surface area contributed by atoms with Crippen LogP contribution in [0.3, 0.4) is 0 Å². The Balaban J connectivity index is 1.34. The first-order chi connectivity index (χ1) is 19.4. The molecule has 2 aliphatic heterocycles. The molecule has 1 aromatic heterocycles. The summed E-state index contributed by atoms with van der Waals surface area (Å²) in [6.07, 6.45) is 5.52. The predicted molar refractivity (Wildman–Crippen MR) is 152 cm³/mol. The maximum atomic E-state index is 14.7. The molecule has 5 rings (SSSR count). The van der Waals surface area contributed by atoms with Crippen molar-refractivity contribution in [2.45, 2.75) is 12.5 Å². The van der Waals surface area contributed by atoms with Gasteiger partial charge in [-0.1, -0.05) is 23.7 Å². The smallest absolute Gasteiger partial charge is 0.302 e. The summed E-state index contributed by atoms with van der Waals surface area (Å²) >= 11 is 6.21. The van der Waals surface area contributed by atoms with Crippen LogP contribution in [0.1, 0.15) is 33.6 Å². The maximum Gasteiger partial charge on any atom is 0.302 e. The number of nitrogens with one attached hydrogen (secondary N) is 2. The van der Waals surface area contributed by atoms with Crippen molar-refractivity contribution in [3.05, 3.63) is 87.3 Å². The van der Waals surface area contributed by atoms with Gasteiger partial charge in [-0.15, -0.1) is 0 Å². The molecule has 12 heteroatoms. The van der Waals surface area contributed by atoms with Gasteiger partial charge in [-0.05, 0) is 54.9 Å². The molecule has 1 fully saturated rings. The van der Waals surface area contributed by atoms with Crippen LogP contribution in [0.15, 0.2) is 67.6 Å². The summed E-state index contributed by atoms with van der Waals surface area (Å²) in [5.74, 6) is -1.48. The number of aromatic nitrogens is 1. The number of benzene rings is 2. The van der Waals surface area contributed by atoms with Crippen LogP contribution in [0.5, 0.6) is 0 Å². The SMILES string of the molecule is C/N=C(\N=C/C1=Cc2ccc(Cl)cc2C(c2c(F)cccc2F)=NC1)Nc1nc(C(=O)N2CCC(NC)C2)co1. The lowest BCUT2D eigenvalue weighted by atomic mass is 9.96. The Morgan fingerprint density at radius 3 is 2.77 bits per heavy atom. The van der Waals surface area contributed by atoms with E-state index in [4.69, 9.17) is 16.0 Å². The molecule has 3 heterocycles. The molecule has 0 radical (unpaired) electrons. The van der Waals surface area contributed by atoms with Gasteiger partial charge in [0.25, 0.3) is 5.91 Å². The van der Waals surface area contributed by atoms with Crippen LogP contribution in [0, 0.1) is 11.6 Å². The zero-order valence-corrected chi connectivity index (χ0v) is 22.5. The summed E-state index contributed by atoms with van der Waals surface area (Å²) in [6.45, 7) is 1.34. The van der Waals surface area contributed by atoms with Crippen LogP contribution >= 0.6 is 11.6 Å². The Morgan fingerprint density at radius 2 is 2.05 bits per heavy atom. The van der Waals surface area contributed by atoms with Crippen LogP contribution in [-0.2, 0) is 0 Å². The molecule has 0 aliphatic carbocycles. The molecular weight excluding hydrogens is 540 g/mol. The first kappa shape index (κ1) is 27.4. The molecule has 206 valence electrons. The number of hydrogen-bond acceptors (Lipinski definition) is 6. The van der Waals surface area contributed by atoms with Gasteiger partial charge in [-0.25, -0.2) is 13.8 Å². The molecule has 3 aromatic rings. The second kappa shape index (κ2) is 11.9. The molecule has 0 bridgehead atoms. The average Bonchev–Trinajstić information content (AvgIpc) is 3.59. The molecule has 1 unspecified atom stereocenters. The zero-order valence-electron chi connectivity index (χ0n) is 21.8. The minimum atomic E-state index is -0.721. The van der Waals surface area contributed by atoms with Gasteiger partial charge in [0, 0.05) is 43.0 Å². The number of carbonyl (C=O) groups excluding carboxylic acids is 1. The maximum absolute atomic E-state index is 14.7. The van der Waals surface area contributed by atoms with E-state index in [2.05, 4.69) is 30.6 Å². The van der Waals surface area contributed by atoms with Crippen molar-refractivity contribution in [3.63, 3.8) is 0 Å². The van der Waals surface area contributed by atoms with Crippen LogP contribution in [0.2, 0.25) is 5.02 Å². The Morgan fingerprint density at radius 1 is 1.25 bits per heavy atom. The second-order valence-corrected chi connectivity index (χ2v) is 9.64. The fourth-order valence-corrected chi connectivity index (χ4v) is 4.71. The van der Waals surface area contributed by atoms with Gasteiger partial charge < -0.3 is 14.6 Å². The first-order valence-corrected chi connectivity index (χ1v) is 12.9. The van der Waals surface area contributed by atoms with Gasteiger partial charge >= 0.3 is 6.01 Å². The van der Waals surface area contributed by atoms with Crippen LogP contribution in [-0.4, -0.2) is 73.4 Å². The number of rotatable bonds is 5. The molecule has 40 heavy (non-hydrogen) atoms. The highest BCUT2D eigenvalue weighted by Gasteiger charge is 2.28. The Bertz CT molecular complexity index is 1540. The minimum absolute atomic E-state index is 0.0654. The number of aliphatic imine (C=N–C) groups is 3. The van der Waals surface area contributed by atoms with E-state index in [0.717, 1.165) is 6.42 Å². The normalized spacial score (nSPS) is 17.5. The molecule has 2 N–H and O–H groups in total. The van der Waals surface area contributed by atoms with Gasteiger partial charge in [0.1, 0.15) is 17.9 Å². The predicted octanol–water partition coefficient (Wildman–Crippen LogP) is 4.44. The molecule has 0 saturated carbocycles. The van der Waals surface area contributed by atoms with Gasteiger partial charge in [0.05, 0.1) is 17.8 Å². The van der Waals surface area contributed by atoms with Gasteiger partial charge in [0.2, 0.25) is 5.96 Å². The molecule has 2 aliphatic rings. The molecule has 1 amide bonds. The number of guanidine groups is 1. The summed E-state index contributed by atoms with van der Waals surface area (Å²) in [5.41, 5.74) is 1.94. The fraction of sp³-hybridized carbons (Fsp3) is 0.250. The van der Waals surface area contributed by atoms with Crippen molar-refractivity contribution in [3.8, 4) is 0 Å². The lowest BCUT2D eigenvalue weighted by Crippen LogP contribution is -2.33. The van der Waals surface area contributed by atoms with Gasteiger partial charge in [-0.2, -0.15) is 4.98 Å². The first-order valence-electron chi connectivity index (χ1n) is 12.6.